The molecule has 0 unspecified atom stereocenters. The van der Waals surface area contributed by atoms with Crippen LogP contribution in [0.1, 0.15) is 48.6 Å². The Kier molecular flexibility index (Phi) is 7.31. The van der Waals surface area contributed by atoms with Crippen LogP contribution in [0.2, 0.25) is 0 Å². The molecule has 0 fully saturated rings. The summed E-state index contributed by atoms with van der Waals surface area (Å²) in [6.07, 6.45) is 1.70. The Morgan fingerprint density at radius 1 is 1.03 bits per heavy atom. The van der Waals surface area contributed by atoms with Gasteiger partial charge in [0, 0.05) is 5.56 Å². The van der Waals surface area contributed by atoms with E-state index in [4.69, 9.17) is 14.2 Å². The lowest BCUT2D eigenvalue weighted by molar-refractivity contribution is -0.129. The van der Waals surface area contributed by atoms with Crippen LogP contribution >= 0.6 is 22.6 Å². The predicted molar refractivity (Wildman–Crippen MR) is 147 cm³/mol. The Hall–Kier alpha value is -3.13. The molecule has 1 heterocycles. The van der Waals surface area contributed by atoms with Crippen LogP contribution in [0.4, 0.5) is 0 Å². The molecule has 0 radical (unpaired) electrons. The number of benzene rings is 3. The first-order chi connectivity index (χ1) is 16.6. The van der Waals surface area contributed by atoms with Gasteiger partial charge in [-0.3, -0.25) is 0 Å². The smallest absolute Gasteiger partial charge is 0.363 e. The third-order valence-corrected chi connectivity index (χ3v) is 6.48. The number of hydrogen-bond donors (Lipinski definition) is 0. The van der Waals surface area contributed by atoms with Crippen molar-refractivity contribution in [2.75, 3.05) is 7.11 Å². The molecule has 0 bridgehead atoms. The molecule has 180 valence electrons. The molecule has 1 aliphatic rings. The van der Waals surface area contributed by atoms with E-state index in [0.717, 1.165) is 20.3 Å². The fraction of sp³-hybridized carbons (Fsp3) is 0.241. The molecule has 0 N–H and O–H groups in total. The fourth-order valence-corrected chi connectivity index (χ4v) is 4.39. The van der Waals surface area contributed by atoms with Crippen molar-refractivity contribution in [3.63, 3.8) is 0 Å². The van der Waals surface area contributed by atoms with E-state index in [0.29, 0.717) is 24.0 Å². The maximum Gasteiger partial charge on any atom is 0.363 e. The minimum Gasteiger partial charge on any atom is -0.493 e. The minimum absolute atomic E-state index is 0.0456. The van der Waals surface area contributed by atoms with Gasteiger partial charge in [-0.2, -0.15) is 0 Å². The highest BCUT2D eigenvalue weighted by Crippen LogP contribution is 2.35. The van der Waals surface area contributed by atoms with E-state index in [-0.39, 0.29) is 11.1 Å². The third kappa shape index (κ3) is 5.93. The number of esters is 1. The number of cyclic esters (lactones) is 1. The van der Waals surface area contributed by atoms with E-state index in [1.165, 1.54) is 11.1 Å². The SMILES string of the molecule is COc1cc(/C=C2\N=C(c3ccc(C(C)(C)C)cc3)OC2=O)cc(I)c1OCc1ccc(C)cc1. The molecule has 1 aliphatic heterocycles. The molecule has 0 aliphatic carbocycles. The summed E-state index contributed by atoms with van der Waals surface area (Å²) in [6, 6.07) is 19.9. The maximum absolute atomic E-state index is 12.5. The van der Waals surface area contributed by atoms with Crippen LogP contribution in [0, 0.1) is 10.5 Å². The predicted octanol–water partition coefficient (Wildman–Crippen LogP) is 6.83. The van der Waals surface area contributed by atoms with Crippen LogP contribution in [-0.2, 0) is 21.6 Å². The summed E-state index contributed by atoms with van der Waals surface area (Å²) in [5.41, 5.74) is 5.31. The highest BCUT2D eigenvalue weighted by molar-refractivity contribution is 14.1. The van der Waals surface area contributed by atoms with Gasteiger partial charge in [0.15, 0.2) is 17.2 Å². The molecule has 0 spiro atoms. The Morgan fingerprint density at radius 3 is 2.34 bits per heavy atom. The van der Waals surface area contributed by atoms with Gasteiger partial charge >= 0.3 is 5.97 Å². The highest BCUT2D eigenvalue weighted by atomic mass is 127. The summed E-state index contributed by atoms with van der Waals surface area (Å²) >= 11 is 2.21. The maximum atomic E-state index is 12.5. The Bertz CT molecular complexity index is 1300. The van der Waals surface area contributed by atoms with Crippen molar-refractivity contribution >= 4 is 40.5 Å². The molecular weight excluding hydrogens is 553 g/mol. The van der Waals surface area contributed by atoms with Gasteiger partial charge in [-0.25, -0.2) is 9.79 Å². The van der Waals surface area contributed by atoms with Crippen molar-refractivity contribution in [3.05, 3.63) is 97.7 Å². The summed E-state index contributed by atoms with van der Waals surface area (Å²) in [5, 5.41) is 0. The van der Waals surface area contributed by atoms with Crippen molar-refractivity contribution in [2.24, 2.45) is 4.99 Å². The van der Waals surface area contributed by atoms with Crippen LogP contribution in [0.3, 0.4) is 0 Å². The second kappa shape index (κ2) is 10.2. The molecule has 3 aromatic carbocycles. The number of rotatable bonds is 6. The van der Waals surface area contributed by atoms with Crippen LogP contribution < -0.4 is 9.47 Å². The molecule has 3 aromatic rings. The van der Waals surface area contributed by atoms with Gasteiger partial charge in [-0.1, -0.05) is 62.7 Å². The minimum atomic E-state index is -0.478. The van der Waals surface area contributed by atoms with E-state index in [2.05, 4.69) is 67.4 Å². The van der Waals surface area contributed by atoms with Gasteiger partial charge in [0.05, 0.1) is 10.7 Å². The number of hydrogen-bond acceptors (Lipinski definition) is 5. The van der Waals surface area contributed by atoms with Gasteiger partial charge in [0.1, 0.15) is 6.61 Å². The van der Waals surface area contributed by atoms with E-state index < -0.39 is 5.97 Å². The molecule has 35 heavy (non-hydrogen) atoms. The van der Waals surface area contributed by atoms with E-state index in [1.807, 2.05) is 48.5 Å². The van der Waals surface area contributed by atoms with Crippen molar-refractivity contribution in [3.8, 4) is 11.5 Å². The van der Waals surface area contributed by atoms with Gasteiger partial charge in [-0.05, 0) is 82.0 Å². The summed E-state index contributed by atoms with van der Waals surface area (Å²) in [5.74, 6) is 1.08. The highest BCUT2D eigenvalue weighted by Gasteiger charge is 2.25. The molecule has 0 aromatic heterocycles. The first-order valence-electron chi connectivity index (χ1n) is 11.3. The van der Waals surface area contributed by atoms with Crippen molar-refractivity contribution in [1.29, 1.82) is 0 Å². The molecule has 0 saturated carbocycles. The van der Waals surface area contributed by atoms with Gasteiger partial charge in [0.2, 0.25) is 5.90 Å². The zero-order chi connectivity index (χ0) is 25.2. The number of carbonyl (C=O) groups excluding carboxylic acids is 1. The molecule has 5 nitrogen and oxygen atoms in total. The number of ether oxygens (including phenoxy) is 3. The van der Waals surface area contributed by atoms with E-state index in [1.54, 1.807) is 13.2 Å². The molecular formula is C29H28INO4. The average molecular weight is 581 g/mol. The Labute approximate surface area is 220 Å². The van der Waals surface area contributed by atoms with Gasteiger partial charge in [-0.15, -0.1) is 0 Å². The summed E-state index contributed by atoms with van der Waals surface area (Å²) < 4.78 is 18.0. The van der Waals surface area contributed by atoms with Crippen LogP contribution in [0.15, 0.2) is 71.4 Å². The lowest BCUT2D eigenvalue weighted by Crippen LogP contribution is -2.11. The molecule has 0 amide bonds. The number of halogens is 1. The largest absolute Gasteiger partial charge is 0.493 e. The van der Waals surface area contributed by atoms with Gasteiger partial charge < -0.3 is 14.2 Å². The zero-order valence-electron chi connectivity index (χ0n) is 20.5. The third-order valence-electron chi connectivity index (χ3n) is 5.68. The lowest BCUT2D eigenvalue weighted by Gasteiger charge is -2.18. The summed E-state index contributed by atoms with van der Waals surface area (Å²) in [6.45, 7) is 8.96. The van der Waals surface area contributed by atoms with Crippen LogP contribution in [-0.4, -0.2) is 19.0 Å². The lowest BCUT2D eigenvalue weighted by atomic mass is 9.87. The second-order valence-corrected chi connectivity index (χ2v) is 10.6. The van der Waals surface area contributed by atoms with Crippen LogP contribution in [0.5, 0.6) is 11.5 Å². The number of carbonyl (C=O) groups is 1. The molecule has 0 saturated heterocycles. The Morgan fingerprint density at radius 2 is 1.71 bits per heavy atom. The number of methoxy groups -OCH3 is 1. The first-order valence-corrected chi connectivity index (χ1v) is 12.4. The standard InChI is InChI=1S/C29H28INO4/c1-18-6-8-19(9-7-18)17-34-26-23(30)14-20(16-25(26)33-5)15-24-28(32)35-27(31-24)21-10-12-22(13-11-21)29(2,3)4/h6-16H,17H2,1-5H3/b24-15-. The number of nitrogens with zero attached hydrogens (tertiary/aromatic N) is 1. The number of aryl methyl sites for hydroxylation is 1. The van der Waals surface area contributed by atoms with Gasteiger partial charge in [0.25, 0.3) is 0 Å². The normalized spacial score (nSPS) is 14.6. The topological polar surface area (TPSA) is 57.1 Å². The van der Waals surface area contributed by atoms with Crippen LogP contribution in [0.25, 0.3) is 6.08 Å². The second-order valence-electron chi connectivity index (χ2n) is 9.47. The van der Waals surface area contributed by atoms with Crippen molar-refractivity contribution in [1.82, 2.24) is 0 Å². The number of aliphatic imine (C=N–C) groups is 1. The quantitative estimate of drug-likeness (QED) is 0.182. The molecule has 0 atom stereocenters. The summed E-state index contributed by atoms with van der Waals surface area (Å²) in [7, 11) is 1.60. The monoisotopic (exact) mass is 581 g/mol. The zero-order valence-corrected chi connectivity index (χ0v) is 22.7. The van der Waals surface area contributed by atoms with E-state index >= 15 is 0 Å². The summed E-state index contributed by atoms with van der Waals surface area (Å²) in [4.78, 5) is 17.0. The first kappa shape index (κ1) is 25.0. The average Bonchev–Trinajstić information content (AvgIpc) is 3.18. The van der Waals surface area contributed by atoms with E-state index in [9.17, 15) is 4.79 Å². The Balaban J connectivity index is 1.56. The molecule has 6 heteroatoms. The fourth-order valence-electron chi connectivity index (χ4n) is 3.61. The molecule has 4 rings (SSSR count). The van der Waals surface area contributed by atoms with Crippen molar-refractivity contribution in [2.45, 2.75) is 39.7 Å². The van der Waals surface area contributed by atoms with Crippen molar-refractivity contribution < 1.29 is 19.0 Å².